The van der Waals surface area contributed by atoms with E-state index in [-0.39, 0.29) is 12.5 Å². The molecule has 0 saturated carbocycles. The number of nitrogens with zero attached hydrogens (tertiary/aromatic N) is 3. The number of fused-ring (bicyclic) bond motifs is 1. The lowest BCUT2D eigenvalue weighted by Gasteiger charge is -2.09. The minimum Gasteiger partial charge on any atom is -0.465 e. The number of carbonyl (C=O) groups is 2. The first kappa shape index (κ1) is 19.9. The Hall–Kier alpha value is -3.37. The predicted molar refractivity (Wildman–Crippen MR) is 116 cm³/mol. The number of hydrogen-bond donors (Lipinski definition) is 1. The van der Waals surface area contributed by atoms with Gasteiger partial charge in [0.2, 0.25) is 5.91 Å². The molecule has 0 aliphatic rings. The first-order chi connectivity index (χ1) is 14.5. The summed E-state index contributed by atoms with van der Waals surface area (Å²) in [6.07, 6.45) is 0. The molecule has 0 aliphatic heterocycles. The van der Waals surface area contributed by atoms with Crippen molar-refractivity contribution < 1.29 is 14.3 Å². The Bertz CT molecular complexity index is 1290. The van der Waals surface area contributed by atoms with Gasteiger partial charge in [0, 0.05) is 5.69 Å². The van der Waals surface area contributed by atoms with Crippen LogP contribution in [0.3, 0.4) is 0 Å². The van der Waals surface area contributed by atoms with E-state index in [1.165, 1.54) is 34.4 Å². The largest absolute Gasteiger partial charge is 0.465 e. The van der Waals surface area contributed by atoms with Gasteiger partial charge in [0.15, 0.2) is 0 Å². The number of carbonyl (C=O) groups excluding carboxylic acids is 2. The number of thiazole rings is 1. The van der Waals surface area contributed by atoms with Crippen LogP contribution >= 0.6 is 22.7 Å². The van der Waals surface area contributed by atoms with E-state index >= 15 is 0 Å². The van der Waals surface area contributed by atoms with Crippen molar-refractivity contribution in [1.29, 1.82) is 0 Å². The van der Waals surface area contributed by atoms with E-state index < -0.39 is 11.7 Å². The molecule has 0 spiro atoms. The smallest absolute Gasteiger partial charge is 0.349 e. The Morgan fingerprint density at radius 3 is 2.60 bits per heavy atom. The van der Waals surface area contributed by atoms with Crippen molar-refractivity contribution in [3.05, 3.63) is 62.8 Å². The summed E-state index contributed by atoms with van der Waals surface area (Å²) in [6.45, 7) is 1.65. The lowest BCUT2D eigenvalue weighted by atomic mass is 10.2. The maximum absolute atomic E-state index is 12.7. The lowest BCUT2D eigenvalue weighted by Crippen LogP contribution is -2.29. The third-order valence-corrected chi connectivity index (χ3v) is 6.14. The molecular weight excluding hydrogens is 424 g/mol. The zero-order valence-corrected chi connectivity index (χ0v) is 17.7. The Morgan fingerprint density at radius 1 is 1.17 bits per heavy atom. The molecule has 0 bridgehead atoms. The average molecular weight is 441 g/mol. The summed E-state index contributed by atoms with van der Waals surface area (Å²) in [5.41, 5.74) is 1.51. The van der Waals surface area contributed by atoms with Gasteiger partial charge < -0.3 is 10.1 Å². The number of thiophene rings is 1. The fourth-order valence-corrected chi connectivity index (χ4v) is 4.55. The van der Waals surface area contributed by atoms with Gasteiger partial charge in [0.05, 0.1) is 22.6 Å². The van der Waals surface area contributed by atoms with Crippen LogP contribution in [0, 0.1) is 6.92 Å². The molecule has 0 atom stereocenters. The highest BCUT2D eigenvalue weighted by atomic mass is 32.1. The number of hydrogen-bond acceptors (Lipinski definition) is 8. The number of aromatic nitrogens is 3. The molecule has 0 unspecified atom stereocenters. The van der Waals surface area contributed by atoms with Gasteiger partial charge in [-0.25, -0.2) is 14.6 Å². The monoisotopic (exact) mass is 440 g/mol. The summed E-state index contributed by atoms with van der Waals surface area (Å²) in [7, 11) is 1.30. The molecule has 0 radical (unpaired) electrons. The van der Waals surface area contributed by atoms with Crippen molar-refractivity contribution in [3.63, 3.8) is 0 Å². The number of anilines is 1. The second kappa shape index (κ2) is 8.17. The highest BCUT2D eigenvalue weighted by Crippen LogP contribution is 2.31. The minimum atomic E-state index is -0.509. The summed E-state index contributed by atoms with van der Waals surface area (Å²) in [6, 6.07) is 10.1. The van der Waals surface area contributed by atoms with Crippen LogP contribution in [0.4, 0.5) is 5.69 Å². The molecule has 4 rings (SSSR count). The van der Waals surface area contributed by atoms with Crippen LogP contribution in [0.2, 0.25) is 0 Å². The number of benzene rings is 1. The summed E-state index contributed by atoms with van der Waals surface area (Å²) in [5, 5.41) is 5.41. The zero-order valence-electron chi connectivity index (χ0n) is 16.0. The van der Waals surface area contributed by atoms with Gasteiger partial charge in [0.25, 0.3) is 0 Å². The Balaban J connectivity index is 1.62. The van der Waals surface area contributed by atoms with Crippen LogP contribution in [0.15, 0.2) is 46.6 Å². The molecule has 3 heterocycles. The van der Waals surface area contributed by atoms with Gasteiger partial charge in [0.1, 0.15) is 22.6 Å². The number of amides is 1. The van der Waals surface area contributed by atoms with Gasteiger partial charge in [-0.1, -0.05) is 6.07 Å². The molecule has 0 fully saturated rings. The molecule has 4 aromatic rings. The Labute approximate surface area is 178 Å². The van der Waals surface area contributed by atoms with E-state index in [1.807, 2.05) is 24.4 Å². The van der Waals surface area contributed by atoms with E-state index in [9.17, 15) is 14.4 Å². The normalized spacial score (nSPS) is 10.9. The summed E-state index contributed by atoms with van der Waals surface area (Å²) >= 11 is 2.82. The molecule has 0 aliphatic carbocycles. The van der Waals surface area contributed by atoms with E-state index in [4.69, 9.17) is 0 Å². The van der Waals surface area contributed by atoms with Crippen LogP contribution in [0.25, 0.3) is 20.9 Å². The summed E-state index contributed by atoms with van der Waals surface area (Å²) in [5.74, 6) is -0.847. The lowest BCUT2D eigenvalue weighted by molar-refractivity contribution is -0.116. The SMILES string of the molecule is COC(=O)c1ccc(NC(=O)Cn2c(=O)nc(-c3cccs3)c3nc(C)sc32)cc1. The Kier molecular flexibility index (Phi) is 5.42. The molecule has 1 N–H and O–H groups in total. The van der Waals surface area contributed by atoms with Gasteiger partial charge in [-0.3, -0.25) is 9.36 Å². The molecular formula is C20H16N4O4S2. The number of esters is 1. The highest BCUT2D eigenvalue weighted by Gasteiger charge is 2.18. The van der Waals surface area contributed by atoms with Crippen LogP contribution < -0.4 is 11.0 Å². The first-order valence-corrected chi connectivity index (χ1v) is 10.6. The zero-order chi connectivity index (χ0) is 21.3. The maximum Gasteiger partial charge on any atom is 0.349 e. The van der Waals surface area contributed by atoms with E-state index in [1.54, 1.807) is 24.3 Å². The standard InChI is InChI=1S/C20H16N4O4S2/c1-11-21-17-16(14-4-3-9-29-14)23-20(27)24(18(17)30-11)10-15(25)22-13-7-5-12(6-8-13)19(26)28-2/h3-9H,10H2,1-2H3,(H,22,25). The number of nitrogens with one attached hydrogen (secondary N) is 1. The van der Waals surface area contributed by atoms with Crippen LogP contribution in [-0.2, 0) is 16.1 Å². The predicted octanol–water partition coefficient (Wildman–Crippen LogP) is 3.32. The quantitative estimate of drug-likeness (QED) is 0.478. The first-order valence-electron chi connectivity index (χ1n) is 8.86. The van der Waals surface area contributed by atoms with Crippen LogP contribution in [0.1, 0.15) is 15.4 Å². The molecule has 0 saturated heterocycles. The molecule has 8 nitrogen and oxygen atoms in total. The van der Waals surface area contributed by atoms with E-state index in [2.05, 4.69) is 20.0 Å². The molecule has 10 heteroatoms. The van der Waals surface area contributed by atoms with Crippen molar-refractivity contribution >= 4 is 50.6 Å². The number of aryl methyl sites for hydroxylation is 1. The van der Waals surface area contributed by atoms with Gasteiger partial charge in [-0.15, -0.1) is 22.7 Å². The second-order valence-electron chi connectivity index (χ2n) is 6.31. The van der Waals surface area contributed by atoms with E-state index in [0.717, 1.165) is 9.88 Å². The molecule has 1 aromatic carbocycles. The molecule has 3 aromatic heterocycles. The topological polar surface area (TPSA) is 103 Å². The van der Waals surface area contributed by atoms with Crippen LogP contribution in [-0.4, -0.2) is 33.5 Å². The van der Waals surface area contributed by atoms with Gasteiger partial charge in [-0.05, 0) is 42.6 Å². The van der Waals surface area contributed by atoms with Crippen molar-refractivity contribution in [2.45, 2.75) is 13.5 Å². The third-order valence-electron chi connectivity index (χ3n) is 4.27. The fraction of sp³-hybridized carbons (Fsp3) is 0.150. The average Bonchev–Trinajstić information content (AvgIpc) is 3.39. The molecule has 1 amide bonds. The van der Waals surface area contributed by atoms with Gasteiger partial charge in [-0.2, -0.15) is 4.98 Å². The third kappa shape index (κ3) is 3.87. The van der Waals surface area contributed by atoms with Crippen molar-refractivity contribution in [2.75, 3.05) is 12.4 Å². The second-order valence-corrected chi connectivity index (χ2v) is 8.44. The Morgan fingerprint density at radius 2 is 1.93 bits per heavy atom. The summed E-state index contributed by atoms with van der Waals surface area (Å²) < 4.78 is 5.98. The maximum atomic E-state index is 12.7. The number of methoxy groups -OCH3 is 1. The minimum absolute atomic E-state index is 0.201. The molecule has 30 heavy (non-hydrogen) atoms. The number of rotatable bonds is 5. The van der Waals surface area contributed by atoms with Crippen molar-refractivity contribution in [2.24, 2.45) is 0 Å². The molecule has 152 valence electrons. The van der Waals surface area contributed by atoms with Crippen LogP contribution in [0.5, 0.6) is 0 Å². The number of ether oxygens (including phenoxy) is 1. The van der Waals surface area contributed by atoms with Crippen molar-refractivity contribution in [1.82, 2.24) is 14.5 Å². The van der Waals surface area contributed by atoms with Crippen molar-refractivity contribution in [3.8, 4) is 10.6 Å². The highest BCUT2D eigenvalue weighted by molar-refractivity contribution is 7.18. The van der Waals surface area contributed by atoms with Gasteiger partial charge >= 0.3 is 11.7 Å². The van der Waals surface area contributed by atoms with E-state index in [0.29, 0.717) is 27.3 Å². The fourth-order valence-electron chi connectivity index (χ4n) is 2.93. The summed E-state index contributed by atoms with van der Waals surface area (Å²) in [4.78, 5) is 46.9.